The third-order valence-corrected chi connectivity index (χ3v) is 2.05. The second kappa shape index (κ2) is 5.76. The Kier molecular flexibility index (Phi) is 3.85. The number of carbonyl (C=O) groups is 1. The Labute approximate surface area is 103 Å². The molecule has 2 rings (SSSR count). The zero-order valence-electron chi connectivity index (χ0n) is 9.79. The van der Waals surface area contributed by atoms with E-state index in [0.717, 1.165) is 5.69 Å². The molecule has 2 heterocycles. The van der Waals surface area contributed by atoms with Gasteiger partial charge in [0.1, 0.15) is 12.6 Å². The van der Waals surface area contributed by atoms with Crippen LogP contribution in [0.5, 0.6) is 0 Å². The van der Waals surface area contributed by atoms with Crippen LogP contribution in [0.15, 0.2) is 29.3 Å². The largest absolute Gasteiger partial charge is 0.461 e. The first-order chi connectivity index (χ1) is 8.79. The molecule has 0 aliphatic carbocycles. The fraction of sp³-hybridized carbons (Fsp3) is 0.273. The molecule has 0 aromatic carbocycles. The van der Waals surface area contributed by atoms with Crippen LogP contribution < -0.4 is 5.32 Å². The molecule has 18 heavy (non-hydrogen) atoms. The number of nitrogens with zero attached hydrogens (tertiary/aromatic N) is 3. The van der Waals surface area contributed by atoms with E-state index in [4.69, 9.17) is 9.15 Å². The molecule has 0 radical (unpaired) electrons. The number of oxazole rings is 1. The second-order valence-electron chi connectivity index (χ2n) is 3.31. The minimum absolute atomic E-state index is 0.141. The van der Waals surface area contributed by atoms with Gasteiger partial charge in [-0.3, -0.25) is 0 Å². The van der Waals surface area contributed by atoms with Crippen molar-refractivity contribution in [3.8, 4) is 0 Å². The first-order valence-corrected chi connectivity index (χ1v) is 5.41. The van der Waals surface area contributed by atoms with Gasteiger partial charge in [0, 0.05) is 6.20 Å². The standard InChI is InChI=1S/C11H12N4O3/c1-2-17-10(16)9-6-18-11(15-9)13-5-8-3-4-12-7-14-8/h3-4,6-7H,2,5H2,1H3,(H,13,15). The number of anilines is 1. The molecular formula is C11H12N4O3. The zero-order valence-corrected chi connectivity index (χ0v) is 9.79. The summed E-state index contributed by atoms with van der Waals surface area (Å²) in [4.78, 5) is 23.1. The summed E-state index contributed by atoms with van der Waals surface area (Å²) in [6.45, 7) is 2.47. The Hall–Kier alpha value is -2.44. The summed E-state index contributed by atoms with van der Waals surface area (Å²) in [5.74, 6) is -0.503. The lowest BCUT2D eigenvalue weighted by atomic mass is 10.4. The van der Waals surface area contributed by atoms with Crippen LogP contribution in [0, 0.1) is 0 Å². The number of nitrogens with one attached hydrogen (secondary N) is 1. The van der Waals surface area contributed by atoms with E-state index in [1.807, 2.05) is 0 Å². The lowest BCUT2D eigenvalue weighted by Gasteiger charge is -1.99. The molecule has 0 fully saturated rings. The highest BCUT2D eigenvalue weighted by Gasteiger charge is 2.12. The molecule has 0 saturated heterocycles. The molecule has 94 valence electrons. The third-order valence-electron chi connectivity index (χ3n) is 2.05. The maximum Gasteiger partial charge on any atom is 0.360 e. The molecule has 0 bridgehead atoms. The molecule has 0 amide bonds. The minimum atomic E-state index is -0.503. The predicted octanol–water partition coefficient (Wildman–Crippen LogP) is 1.25. The van der Waals surface area contributed by atoms with E-state index in [0.29, 0.717) is 13.2 Å². The summed E-state index contributed by atoms with van der Waals surface area (Å²) >= 11 is 0. The van der Waals surface area contributed by atoms with Gasteiger partial charge >= 0.3 is 5.97 Å². The maximum atomic E-state index is 11.3. The molecule has 1 N–H and O–H groups in total. The molecule has 0 spiro atoms. The van der Waals surface area contributed by atoms with E-state index < -0.39 is 5.97 Å². The molecule has 0 unspecified atom stereocenters. The molecule has 2 aromatic heterocycles. The van der Waals surface area contributed by atoms with E-state index in [1.165, 1.54) is 12.6 Å². The molecule has 7 heteroatoms. The molecular weight excluding hydrogens is 236 g/mol. The number of aromatic nitrogens is 3. The van der Waals surface area contributed by atoms with Gasteiger partial charge in [-0.1, -0.05) is 0 Å². The molecule has 2 aromatic rings. The van der Waals surface area contributed by atoms with Crippen molar-refractivity contribution in [2.24, 2.45) is 0 Å². The highest BCUT2D eigenvalue weighted by atomic mass is 16.5. The zero-order chi connectivity index (χ0) is 12.8. The fourth-order valence-electron chi connectivity index (χ4n) is 1.24. The lowest BCUT2D eigenvalue weighted by Crippen LogP contribution is -2.06. The Balaban J connectivity index is 1.93. The van der Waals surface area contributed by atoms with E-state index in [-0.39, 0.29) is 11.7 Å². The van der Waals surface area contributed by atoms with E-state index in [9.17, 15) is 4.79 Å². The highest BCUT2D eigenvalue weighted by Crippen LogP contribution is 2.09. The van der Waals surface area contributed by atoms with Crippen molar-refractivity contribution < 1.29 is 13.9 Å². The van der Waals surface area contributed by atoms with Gasteiger partial charge < -0.3 is 14.5 Å². The summed E-state index contributed by atoms with van der Waals surface area (Å²) in [5.41, 5.74) is 0.933. The number of hydrogen-bond acceptors (Lipinski definition) is 7. The van der Waals surface area contributed by atoms with Gasteiger partial charge in [-0.15, -0.1) is 0 Å². The van der Waals surface area contributed by atoms with Crippen molar-refractivity contribution in [2.45, 2.75) is 13.5 Å². The minimum Gasteiger partial charge on any atom is -0.461 e. The van der Waals surface area contributed by atoms with Crippen molar-refractivity contribution >= 4 is 12.0 Å². The van der Waals surface area contributed by atoms with Crippen LogP contribution in [0.3, 0.4) is 0 Å². The number of hydrogen-bond donors (Lipinski definition) is 1. The summed E-state index contributed by atoms with van der Waals surface area (Å²) in [6, 6.07) is 2.01. The average Bonchev–Trinajstić information content (AvgIpc) is 2.87. The van der Waals surface area contributed by atoms with Gasteiger partial charge in [0.2, 0.25) is 0 Å². The van der Waals surface area contributed by atoms with E-state index >= 15 is 0 Å². The van der Waals surface area contributed by atoms with Crippen LogP contribution in [-0.4, -0.2) is 27.5 Å². The molecule has 0 saturated carbocycles. The van der Waals surface area contributed by atoms with Crippen LogP contribution in [0.2, 0.25) is 0 Å². The summed E-state index contributed by atoms with van der Waals surface area (Å²) in [7, 11) is 0. The normalized spacial score (nSPS) is 10.1. The van der Waals surface area contributed by atoms with Gasteiger partial charge in [-0.25, -0.2) is 14.8 Å². The third kappa shape index (κ3) is 3.03. The number of esters is 1. The predicted molar refractivity (Wildman–Crippen MR) is 61.8 cm³/mol. The molecule has 0 atom stereocenters. The van der Waals surface area contributed by atoms with Gasteiger partial charge in [-0.2, -0.15) is 4.98 Å². The van der Waals surface area contributed by atoms with Crippen LogP contribution in [0.25, 0.3) is 0 Å². The molecule has 7 nitrogen and oxygen atoms in total. The van der Waals surface area contributed by atoms with Crippen molar-refractivity contribution in [3.63, 3.8) is 0 Å². The van der Waals surface area contributed by atoms with Crippen molar-refractivity contribution in [1.29, 1.82) is 0 Å². The van der Waals surface area contributed by atoms with Gasteiger partial charge in [0.15, 0.2) is 5.69 Å². The Morgan fingerprint density at radius 2 is 2.44 bits per heavy atom. The van der Waals surface area contributed by atoms with Crippen molar-refractivity contribution in [1.82, 2.24) is 15.0 Å². The first-order valence-electron chi connectivity index (χ1n) is 5.41. The quantitative estimate of drug-likeness (QED) is 0.796. The van der Waals surface area contributed by atoms with E-state index in [1.54, 1.807) is 19.2 Å². The van der Waals surface area contributed by atoms with Gasteiger partial charge in [0.25, 0.3) is 6.01 Å². The van der Waals surface area contributed by atoms with Crippen LogP contribution >= 0.6 is 0 Å². The summed E-state index contributed by atoms with van der Waals surface area (Å²) in [6.07, 6.45) is 4.35. The van der Waals surface area contributed by atoms with Crippen LogP contribution in [-0.2, 0) is 11.3 Å². The summed E-state index contributed by atoms with van der Waals surface area (Å²) in [5, 5.41) is 2.90. The fourth-order valence-corrected chi connectivity index (χ4v) is 1.24. The van der Waals surface area contributed by atoms with Crippen LogP contribution in [0.1, 0.15) is 23.1 Å². The highest BCUT2D eigenvalue weighted by molar-refractivity contribution is 5.87. The van der Waals surface area contributed by atoms with E-state index in [2.05, 4.69) is 20.3 Å². The smallest absolute Gasteiger partial charge is 0.360 e. The number of ether oxygens (including phenoxy) is 1. The Bertz CT molecular complexity index is 512. The first kappa shape index (κ1) is 12.0. The molecule has 0 aliphatic heterocycles. The summed E-state index contributed by atoms with van der Waals surface area (Å²) < 4.78 is 9.88. The Morgan fingerprint density at radius 1 is 1.56 bits per heavy atom. The maximum absolute atomic E-state index is 11.3. The number of carbonyl (C=O) groups excluding carboxylic acids is 1. The lowest BCUT2D eigenvalue weighted by molar-refractivity contribution is 0.0519. The Morgan fingerprint density at radius 3 is 3.17 bits per heavy atom. The second-order valence-corrected chi connectivity index (χ2v) is 3.31. The van der Waals surface area contributed by atoms with Crippen molar-refractivity contribution in [3.05, 3.63) is 36.2 Å². The average molecular weight is 248 g/mol. The van der Waals surface area contributed by atoms with Gasteiger partial charge in [0.05, 0.1) is 18.8 Å². The topological polar surface area (TPSA) is 90.1 Å². The van der Waals surface area contributed by atoms with Crippen LogP contribution in [0.4, 0.5) is 6.01 Å². The van der Waals surface area contributed by atoms with Gasteiger partial charge in [-0.05, 0) is 13.0 Å². The number of rotatable bonds is 5. The monoisotopic (exact) mass is 248 g/mol. The SMILES string of the molecule is CCOC(=O)c1coc(NCc2ccncn2)n1. The molecule has 0 aliphatic rings. The van der Waals surface area contributed by atoms with Crippen molar-refractivity contribution in [2.75, 3.05) is 11.9 Å².